The molecular weight excluding hydrogens is 587 g/mol. The maximum absolute atomic E-state index is 13.6. The van der Waals surface area contributed by atoms with Gasteiger partial charge in [-0.25, -0.2) is 14.2 Å². The predicted octanol–water partition coefficient (Wildman–Crippen LogP) is 7.20. The molecular formula is C36H40F3N7+2. The lowest BCUT2D eigenvalue weighted by Gasteiger charge is -2.48. The van der Waals surface area contributed by atoms with E-state index in [4.69, 9.17) is 4.98 Å². The van der Waals surface area contributed by atoms with E-state index in [9.17, 15) is 13.2 Å². The Labute approximate surface area is 266 Å². The first-order chi connectivity index (χ1) is 21.8. The zero-order valence-electron chi connectivity index (χ0n) is 27.4. The number of hydrogen-bond donors (Lipinski definition) is 0. The van der Waals surface area contributed by atoms with Gasteiger partial charge in [-0.05, 0) is 49.6 Å². The van der Waals surface area contributed by atoms with Gasteiger partial charge in [-0.1, -0.05) is 58.9 Å². The molecule has 0 saturated carbocycles. The molecule has 1 aliphatic rings. The topological polar surface area (TPSA) is 55.8 Å². The molecule has 4 aromatic heterocycles. The summed E-state index contributed by atoms with van der Waals surface area (Å²) in [5.74, 6) is 0.0693. The van der Waals surface area contributed by atoms with E-state index in [1.165, 1.54) is 33.8 Å². The third-order valence-electron chi connectivity index (χ3n) is 10.5. The zero-order valence-corrected chi connectivity index (χ0v) is 27.4. The summed E-state index contributed by atoms with van der Waals surface area (Å²) < 4.78 is 48.9. The second-order valence-electron chi connectivity index (χ2n) is 13.8. The number of fused-ring (bicyclic) bond motifs is 3. The molecule has 0 spiro atoms. The van der Waals surface area contributed by atoms with Crippen molar-refractivity contribution in [3.63, 3.8) is 0 Å². The number of aromatic nitrogens is 7. The predicted molar refractivity (Wildman–Crippen MR) is 171 cm³/mol. The van der Waals surface area contributed by atoms with Crippen molar-refractivity contribution in [2.45, 2.75) is 89.9 Å². The summed E-state index contributed by atoms with van der Waals surface area (Å²) >= 11 is 0. The van der Waals surface area contributed by atoms with Crippen LogP contribution in [-0.4, -0.2) is 24.1 Å². The molecule has 6 aromatic rings. The first-order valence-electron chi connectivity index (χ1n) is 16.0. The van der Waals surface area contributed by atoms with E-state index >= 15 is 0 Å². The van der Waals surface area contributed by atoms with Crippen molar-refractivity contribution in [3.05, 3.63) is 84.1 Å². The van der Waals surface area contributed by atoms with E-state index in [1.54, 1.807) is 0 Å². The van der Waals surface area contributed by atoms with E-state index in [2.05, 4.69) is 103 Å². The van der Waals surface area contributed by atoms with Gasteiger partial charge in [-0.3, -0.25) is 0 Å². The lowest BCUT2D eigenvalue weighted by molar-refractivity contribution is -0.735. The van der Waals surface area contributed by atoms with E-state index < -0.39 is 12.0 Å². The van der Waals surface area contributed by atoms with Crippen molar-refractivity contribution in [1.82, 2.24) is 24.1 Å². The minimum absolute atomic E-state index is 0.182. The van der Waals surface area contributed by atoms with Gasteiger partial charge in [0.25, 0.3) is 11.5 Å². The van der Waals surface area contributed by atoms with Crippen LogP contribution < -0.4 is 9.13 Å². The smallest absolute Gasteiger partial charge is 0.243 e. The van der Waals surface area contributed by atoms with Gasteiger partial charge in [0.1, 0.15) is 12.1 Å². The molecule has 0 amide bonds. The Kier molecular flexibility index (Phi) is 6.64. The molecule has 5 heterocycles. The normalized spacial score (nSPS) is 20.0. The van der Waals surface area contributed by atoms with E-state index in [-0.39, 0.29) is 22.2 Å². The molecule has 0 aliphatic carbocycles. The average Bonchev–Trinajstić information content (AvgIpc) is 3.59. The fourth-order valence-electron chi connectivity index (χ4n) is 8.11. The van der Waals surface area contributed by atoms with Crippen molar-refractivity contribution < 1.29 is 22.3 Å². The molecule has 0 N–H and O–H groups in total. The molecule has 10 heteroatoms. The highest BCUT2D eigenvalue weighted by Gasteiger charge is 2.58. The Morgan fingerprint density at radius 1 is 0.891 bits per heavy atom. The SMILES string of the molecule is CCC1(CC[n+]2ccccc2-c2nc(C(F)(F)F)nn2C)c2cccc3nc(C(C)(C)C)n4c5ccccc5[n+](c4c23)C1(C)CC. The maximum atomic E-state index is 13.6. The average molecular weight is 628 g/mol. The minimum atomic E-state index is -4.62. The fraction of sp³-hybridized carbons (Fsp3) is 0.417. The number of pyridine rings is 1. The largest absolute Gasteiger partial charge is 0.453 e. The summed E-state index contributed by atoms with van der Waals surface area (Å²) in [4.78, 5) is 9.27. The number of hydrogen-bond acceptors (Lipinski definition) is 3. The molecule has 46 heavy (non-hydrogen) atoms. The monoisotopic (exact) mass is 627 g/mol. The number of benzene rings is 2. The van der Waals surface area contributed by atoms with Crippen LogP contribution in [0.2, 0.25) is 0 Å². The fourth-order valence-corrected chi connectivity index (χ4v) is 8.11. The van der Waals surface area contributed by atoms with Crippen LogP contribution >= 0.6 is 0 Å². The summed E-state index contributed by atoms with van der Waals surface area (Å²) in [5, 5.41) is 4.86. The van der Waals surface area contributed by atoms with Gasteiger partial charge < -0.3 is 0 Å². The highest BCUT2D eigenvalue weighted by Crippen LogP contribution is 2.52. The molecule has 0 radical (unpaired) electrons. The summed E-state index contributed by atoms with van der Waals surface area (Å²) in [6.45, 7) is 14.1. The number of nitrogens with zero attached hydrogens (tertiary/aromatic N) is 7. The molecule has 7 rings (SSSR count). The highest BCUT2D eigenvalue weighted by atomic mass is 19.4. The van der Waals surface area contributed by atoms with Crippen LogP contribution in [0.3, 0.4) is 0 Å². The van der Waals surface area contributed by atoms with E-state index in [0.29, 0.717) is 12.2 Å². The lowest BCUT2D eigenvalue weighted by Crippen LogP contribution is -2.68. The molecule has 0 fully saturated rings. The third-order valence-corrected chi connectivity index (χ3v) is 10.5. The van der Waals surface area contributed by atoms with Crippen LogP contribution in [0.15, 0.2) is 66.9 Å². The summed E-state index contributed by atoms with van der Waals surface area (Å²) in [6, 6.07) is 20.7. The Bertz CT molecular complexity index is 2150. The molecule has 2 atom stereocenters. The molecule has 2 aromatic carbocycles. The van der Waals surface area contributed by atoms with Crippen LogP contribution in [-0.2, 0) is 36.1 Å². The van der Waals surface area contributed by atoms with Gasteiger partial charge >= 0.3 is 6.18 Å². The van der Waals surface area contributed by atoms with Crippen LogP contribution in [0.4, 0.5) is 13.2 Å². The second-order valence-corrected chi connectivity index (χ2v) is 13.8. The Hall–Kier alpha value is -4.34. The first kappa shape index (κ1) is 30.3. The number of imidazole rings is 1. The van der Waals surface area contributed by atoms with Crippen molar-refractivity contribution in [2.75, 3.05) is 0 Å². The van der Waals surface area contributed by atoms with Gasteiger partial charge in [0, 0.05) is 36.4 Å². The third kappa shape index (κ3) is 4.07. The van der Waals surface area contributed by atoms with Gasteiger partial charge in [0.05, 0.1) is 10.9 Å². The van der Waals surface area contributed by atoms with Crippen LogP contribution in [0.25, 0.3) is 39.1 Å². The van der Waals surface area contributed by atoms with Gasteiger partial charge in [-0.15, -0.1) is 5.10 Å². The van der Waals surface area contributed by atoms with E-state index in [0.717, 1.165) is 36.1 Å². The molecule has 238 valence electrons. The summed E-state index contributed by atoms with van der Waals surface area (Å²) in [7, 11) is 1.51. The lowest BCUT2D eigenvalue weighted by atomic mass is 9.59. The molecule has 0 bridgehead atoms. The minimum Gasteiger partial charge on any atom is -0.243 e. The van der Waals surface area contributed by atoms with Crippen molar-refractivity contribution >= 4 is 27.6 Å². The van der Waals surface area contributed by atoms with Crippen molar-refractivity contribution in [2.24, 2.45) is 7.05 Å². The second kappa shape index (κ2) is 10.1. The summed E-state index contributed by atoms with van der Waals surface area (Å²) in [6.07, 6.45) is -0.207. The van der Waals surface area contributed by atoms with Gasteiger partial charge in [0.2, 0.25) is 17.3 Å². The number of rotatable bonds is 6. The Morgan fingerprint density at radius 3 is 2.30 bits per heavy atom. The first-order valence-corrected chi connectivity index (χ1v) is 16.0. The van der Waals surface area contributed by atoms with Crippen LogP contribution in [0.1, 0.15) is 78.0 Å². The van der Waals surface area contributed by atoms with Gasteiger partial charge in [0.15, 0.2) is 17.2 Å². The molecule has 2 unspecified atom stereocenters. The Morgan fingerprint density at radius 2 is 1.63 bits per heavy atom. The number of alkyl halides is 3. The van der Waals surface area contributed by atoms with Crippen molar-refractivity contribution in [1.29, 1.82) is 0 Å². The standard InChI is InChI=1S/C36H40F3N7/c1-8-34(6)35(9-2,20-22-44-21-13-12-19-27(44)29-41-31(36(37,38)39)42-43(29)7)23-15-14-16-24-28(23)30-45(32(40-24)33(3,4)5)25-17-10-11-18-26(25)46(30)34/h10-19,21H,8-9,20,22H2,1-7H3/q+2. The number of aryl methyl sites for hydroxylation is 2. The quantitative estimate of drug-likeness (QED) is 0.184. The summed E-state index contributed by atoms with van der Waals surface area (Å²) in [5.41, 5.74) is 5.47. The molecule has 1 aliphatic heterocycles. The zero-order chi connectivity index (χ0) is 32.8. The van der Waals surface area contributed by atoms with E-state index in [1.807, 2.05) is 29.0 Å². The molecule has 7 nitrogen and oxygen atoms in total. The number of para-hydroxylation sites is 2. The van der Waals surface area contributed by atoms with Crippen LogP contribution in [0.5, 0.6) is 0 Å². The van der Waals surface area contributed by atoms with Gasteiger partial charge in [-0.2, -0.15) is 27.1 Å². The van der Waals surface area contributed by atoms with Crippen LogP contribution in [0, 0.1) is 0 Å². The van der Waals surface area contributed by atoms with Crippen molar-refractivity contribution in [3.8, 4) is 11.5 Å². The number of halogens is 3. The Balaban J connectivity index is 1.47. The maximum Gasteiger partial charge on any atom is 0.453 e. The molecule has 0 saturated heterocycles. The highest BCUT2D eigenvalue weighted by molar-refractivity contribution is 5.97.